The zero-order valence-electron chi connectivity index (χ0n) is 17.5. The third-order valence-corrected chi connectivity index (χ3v) is 6.36. The van der Waals surface area contributed by atoms with E-state index < -0.39 is 11.6 Å². The molecule has 1 aromatic heterocycles. The number of aromatic nitrogens is 2. The van der Waals surface area contributed by atoms with Crippen molar-refractivity contribution in [2.45, 2.75) is 31.6 Å². The highest BCUT2D eigenvalue weighted by molar-refractivity contribution is 5.72. The summed E-state index contributed by atoms with van der Waals surface area (Å²) in [6.45, 7) is 4.38. The Morgan fingerprint density at radius 3 is 2.71 bits per heavy atom. The average Bonchev–Trinajstić information content (AvgIpc) is 3.32. The minimum Gasteiger partial charge on any atom is -0.354 e. The van der Waals surface area contributed by atoms with Crippen LogP contribution in [0.5, 0.6) is 0 Å². The van der Waals surface area contributed by atoms with E-state index in [4.69, 9.17) is 4.98 Å². The number of anilines is 1. The van der Waals surface area contributed by atoms with Crippen LogP contribution >= 0.6 is 0 Å². The fourth-order valence-electron chi connectivity index (χ4n) is 4.76. The second-order valence-corrected chi connectivity index (χ2v) is 8.41. The Labute approximate surface area is 181 Å². The van der Waals surface area contributed by atoms with E-state index in [9.17, 15) is 8.78 Å². The Balaban J connectivity index is 1.36. The Morgan fingerprint density at radius 1 is 1.03 bits per heavy atom. The van der Waals surface area contributed by atoms with Crippen LogP contribution in [0, 0.1) is 11.6 Å². The van der Waals surface area contributed by atoms with Crippen LogP contribution in [0.1, 0.15) is 41.9 Å². The molecule has 5 rings (SSSR count). The molecule has 6 heteroatoms. The molecule has 0 spiro atoms. The van der Waals surface area contributed by atoms with Crippen molar-refractivity contribution < 1.29 is 8.78 Å². The summed E-state index contributed by atoms with van der Waals surface area (Å²) in [6.07, 6.45) is 6.22. The molecule has 2 aromatic carbocycles. The number of rotatable bonds is 6. The maximum Gasteiger partial charge on any atom is 0.223 e. The van der Waals surface area contributed by atoms with Crippen molar-refractivity contribution in [2.75, 3.05) is 31.5 Å². The van der Waals surface area contributed by atoms with Gasteiger partial charge in [-0.1, -0.05) is 30.3 Å². The Bertz CT molecular complexity index is 1080. The summed E-state index contributed by atoms with van der Waals surface area (Å²) in [5, 5.41) is 3.37. The van der Waals surface area contributed by atoms with Gasteiger partial charge in [-0.3, -0.25) is 0 Å². The summed E-state index contributed by atoms with van der Waals surface area (Å²) in [5.41, 5.74) is 4.82. The van der Waals surface area contributed by atoms with Crippen molar-refractivity contribution in [3.05, 3.63) is 77.0 Å². The van der Waals surface area contributed by atoms with Gasteiger partial charge in [-0.25, -0.2) is 18.7 Å². The number of nitrogens with one attached hydrogen (secondary N) is 1. The van der Waals surface area contributed by atoms with Gasteiger partial charge in [0, 0.05) is 24.2 Å². The zero-order chi connectivity index (χ0) is 21.2. The summed E-state index contributed by atoms with van der Waals surface area (Å²) < 4.78 is 27.4. The van der Waals surface area contributed by atoms with Crippen LogP contribution in [-0.4, -0.2) is 41.0 Å². The number of halogens is 2. The summed E-state index contributed by atoms with van der Waals surface area (Å²) in [7, 11) is 0. The zero-order valence-corrected chi connectivity index (χ0v) is 17.5. The highest BCUT2D eigenvalue weighted by atomic mass is 19.2. The minimum atomic E-state index is -0.822. The Hall–Kier alpha value is -2.86. The van der Waals surface area contributed by atoms with Crippen LogP contribution in [0.4, 0.5) is 14.7 Å². The molecule has 2 aliphatic rings. The second-order valence-electron chi connectivity index (χ2n) is 8.41. The lowest BCUT2D eigenvalue weighted by Gasteiger charge is -2.27. The molecule has 0 bridgehead atoms. The lowest BCUT2D eigenvalue weighted by atomic mass is 9.78. The first-order chi connectivity index (χ1) is 15.2. The predicted octanol–water partition coefficient (Wildman–Crippen LogP) is 5.01. The third-order valence-electron chi connectivity index (χ3n) is 6.36. The third kappa shape index (κ3) is 4.17. The smallest absolute Gasteiger partial charge is 0.223 e. The van der Waals surface area contributed by atoms with Crippen molar-refractivity contribution in [1.82, 2.24) is 14.9 Å². The maximum atomic E-state index is 13.9. The minimum absolute atomic E-state index is 0.0540. The lowest BCUT2D eigenvalue weighted by molar-refractivity contribution is 0.337. The number of hydrogen-bond donors (Lipinski definition) is 1. The van der Waals surface area contributed by atoms with Crippen LogP contribution in [0.3, 0.4) is 0 Å². The molecule has 1 fully saturated rings. The van der Waals surface area contributed by atoms with Gasteiger partial charge < -0.3 is 10.2 Å². The van der Waals surface area contributed by atoms with E-state index >= 15 is 0 Å². The summed E-state index contributed by atoms with van der Waals surface area (Å²) >= 11 is 0. The van der Waals surface area contributed by atoms with Crippen molar-refractivity contribution in [2.24, 2.45) is 0 Å². The summed E-state index contributed by atoms with van der Waals surface area (Å²) in [5.74, 6) is -1.05. The highest BCUT2D eigenvalue weighted by Crippen LogP contribution is 2.42. The van der Waals surface area contributed by atoms with Gasteiger partial charge in [-0.05, 0) is 74.1 Å². The van der Waals surface area contributed by atoms with E-state index in [2.05, 4.69) is 21.3 Å². The van der Waals surface area contributed by atoms with Gasteiger partial charge in [0.25, 0.3) is 0 Å². The SMILES string of the molecule is Fc1ccc(C2Cc3cnc(NCCCN4CCCC4)nc3-c3ccccc32)cc1F. The van der Waals surface area contributed by atoms with Gasteiger partial charge in [0.05, 0.1) is 5.69 Å². The number of likely N-dealkylation sites (tertiary alicyclic amines) is 1. The van der Waals surface area contributed by atoms with E-state index in [0.717, 1.165) is 47.5 Å². The van der Waals surface area contributed by atoms with Crippen molar-refractivity contribution >= 4 is 5.95 Å². The van der Waals surface area contributed by atoms with Crippen molar-refractivity contribution in [3.8, 4) is 11.3 Å². The van der Waals surface area contributed by atoms with Crippen LogP contribution in [0.2, 0.25) is 0 Å². The standard InChI is InChI=1S/C25H26F2N4/c26-22-9-8-17(15-23(22)27)21-14-18-16-29-25(28-10-5-13-31-11-3-4-12-31)30-24(18)20-7-2-1-6-19(20)21/h1-2,6-9,15-16,21H,3-5,10-14H2,(H,28,29,30). The summed E-state index contributed by atoms with van der Waals surface area (Å²) in [4.78, 5) is 11.8. The van der Waals surface area contributed by atoms with Gasteiger partial charge in [0.2, 0.25) is 5.95 Å². The number of nitrogens with zero attached hydrogens (tertiary/aromatic N) is 3. The normalized spacial score (nSPS) is 17.9. The molecular weight excluding hydrogens is 394 g/mol. The van der Waals surface area contributed by atoms with Gasteiger partial charge in [-0.15, -0.1) is 0 Å². The van der Waals surface area contributed by atoms with Crippen molar-refractivity contribution in [1.29, 1.82) is 0 Å². The molecule has 3 aromatic rings. The number of benzene rings is 2. The molecule has 0 saturated carbocycles. The van der Waals surface area contributed by atoms with Crippen LogP contribution in [-0.2, 0) is 6.42 Å². The molecule has 1 unspecified atom stereocenters. The highest BCUT2D eigenvalue weighted by Gasteiger charge is 2.28. The molecule has 2 heterocycles. The molecule has 160 valence electrons. The topological polar surface area (TPSA) is 41.1 Å². The molecule has 0 amide bonds. The molecule has 1 atom stereocenters. The number of hydrogen-bond acceptors (Lipinski definition) is 4. The van der Waals surface area contributed by atoms with E-state index in [1.54, 1.807) is 6.07 Å². The molecule has 1 aliphatic carbocycles. The maximum absolute atomic E-state index is 13.9. The molecule has 1 N–H and O–H groups in total. The largest absolute Gasteiger partial charge is 0.354 e. The average molecular weight is 421 g/mol. The quantitative estimate of drug-likeness (QED) is 0.570. The first-order valence-electron chi connectivity index (χ1n) is 11.1. The molecule has 4 nitrogen and oxygen atoms in total. The van der Waals surface area contributed by atoms with Gasteiger partial charge >= 0.3 is 0 Å². The Morgan fingerprint density at radius 2 is 1.87 bits per heavy atom. The first-order valence-corrected chi connectivity index (χ1v) is 11.1. The van der Waals surface area contributed by atoms with Gasteiger partial charge in [-0.2, -0.15) is 0 Å². The van der Waals surface area contributed by atoms with Crippen LogP contribution in [0.25, 0.3) is 11.3 Å². The second kappa shape index (κ2) is 8.71. The predicted molar refractivity (Wildman–Crippen MR) is 118 cm³/mol. The fourth-order valence-corrected chi connectivity index (χ4v) is 4.76. The van der Waals surface area contributed by atoms with E-state index in [-0.39, 0.29) is 5.92 Å². The van der Waals surface area contributed by atoms with Crippen molar-refractivity contribution in [3.63, 3.8) is 0 Å². The van der Waals surface area contributed by atoms with Crippen LogP contribution < -0.4 is 5.32 Å². The summed E-state index contributed by atoms with van der Waals surface area (Å²) in [6, 6.07) is 12.2. The fraction of sp³-hybridized carbons (Fsp3) is 0.360. The van der Waals surface area contributed by atoms with E-state index in [1.165, 1.54) is 38.1 Å². The van der Waals surface area contributed by atoms with Gasteiger partial charge in [0.15, 0.2) is 11.6 Å². The monoisotopic (exact) mass is 420 g/mol. The van der Waals surface area contributed by atoms with E-state index in [1.807, 2.05) is 24.4 Å². The Kier molecular flexibility index (Phi) is 5.64. The van der Waals surface area contributed by atoms with E-state index in [0.29, 0.717) is 12.4 Å². The van der Waals surface area contributed by atoms with Crippen LogP contribution in [0.15, 0.2) is 48.7 Å². The lowest BCUT2D eigenvalue weighted by Crippen LogP contribution is -2.22. The molecular formula is C25H26F2N4. The molecule has 0 radical (unpaired) electrons. The first kappa shape index (κ1) is 20.1. The van der Waals surface area contributed by atoms with Gasteiger partial charge in [0.1, 0.15) is 0 Å². The number of fused-ring (bicyclic) bond motifs is 3. The molecule has 1 aliphatic heterocycles. The molecule has 31 heavy (non-hydrogen) atoms. The molecule has 1 saturated heterocycles.